The smallest absolute Gasteiger partial charge is 0.263 e. The van der Waals surface area contributed by atoms with E-state index in [0.29, 0.717) is 28.1 Å². The summed E-state index contributed by atoms with van der Waals surface area (Å²) in [4.78, 5) is 41.6. The average Bonchev–Trinajstić information content (AvgIpc) is 3.02. The lowest BCUT2D eigenvalue weighted by Crippen LogP contribution is -2.44. The van der Waals surface area contributed by atoms with Crippen LogP contribution in [0.4, 0.5) is 5.69 Å². The molecule has 0 aromatic heterocycles. The maximum Gasteiger partial charge on any atom is 0.263 e. The lowest BCUT2D eigenvalue weighted by atomic mass is 10.1. The molecule has 0 aliphatic carbocycles. The second-order valence-electron chi connectivity index (χ2n) is 7.03. The van der Waals surface area contributed by atoms with Crippen LogP contribution in [-0.2, 0) is 0 Å². The van der Waals surface area contributed by atoms with Gasteiger partial charge in [-0.25, -0.2) is 0 Å². The standard InChI is InChI=1S/C24H20N2O4/c1-16-6-5-7-18(14-16)25(22(27)17-10-12-19(30-2)13-11-17)15-26-23(28)20-8-3-4-9-21(20)24(26)29/h3-14H,15H2,1-2H3. The monoisotopic (exact) mass is 400 g/mol. The maximum absolute atomic E-state index is 13.4. The Morgan fingerprint density at radius 1 is 0.900 bits per heavy atom. The lowest BCUT2D eigenvalue weighted by molar-refractivity contribution is 0.0650. The third-order valence-corrected chi connectivity index (χ3v) is 5.06. The van der Waals surface area contributed by atoms with Crippen molar-refractivity contribution < 1.29 is 19.1 Å². The van der Waals surface area contributed by atoms with Crippen molar-refractivity contribution in [3.8, 4) is 5.75 Å². The number of benzene rings is 3. The normalized spacial score (nSPS) is 12.7. The molecule has 1 aliphatic rings. The number of carbonyl (C=O) groups is 3. The van der Waals surface area contributed by atoms with Crippen molar-refractivity contribution in [2.45, 2.75) is 6.92 Å². The topological polar surface area (TPSA) is 66.9 Å². The van der Waals surface area contributed by atoms with Crippen LogP contribution in [-0.4, -0.2) is 36.4 Å². The Bertz CT molecular complexity index is 1100. The minimum atomic E-state index is -0.407. The highest BCUT2D eigenvalue weighted by atomic mass is 16.5. The number of ether oxygens (including phenoxy) is 1. The van der Waals surface area contributed by atoms with Crippen LogP contribution in [0, 0.1) is 6.92 Å². The van der Waals surface area contributed by atoms with Gasteiger partial charge in [0.1, 0.15) is 12.4 Å². The van der Waals surface area contributed by atoms with Crippen molar-refractivity contribution in [1.82, 2.24) is 4.90 Å². The molecule has 0 fully saturated rings. The van der Waals surface area contributed by atoms with E-state index in [1.54, 1.807) is 61.7 Å². The Morgan fingerprint density at radius 3 is 2.10 bits per heavy atom. The summed E-state index contributed by atoms with van der Waals surface area (Å²) < 4.78 is 5.16. The van der Waals surface area contributed by atoms with Gasteiger partial charge in [-0.05, 0) is 61.0 Å². The van der Waals surface area contributed by atoms with Crippen molar-refractivity contribution in [3.63, 3.8) is 0 Å². The molecule has 1 heterocycles. The second-order valence-corrected chi connectivity index (χ2v) is 7.03. The third-order valence-electron chi connectivity index (χ3n) is 5.06. The predicted molar refractivity (Wildman–Crippen MR) is 113 cm³/mol. The van der Waals surface area contributed by atoms with Crippen LogP contribution < -0.4 is 9.64 Å². The number of hydrogen-bond donors (Lipinski definition) is 0. The maximum atomic E-state index is 13.4. The Labute approximate surface area is 174 Å². The van der Waals surface area contributed by atoms with Crippen molar-refractivity contribution in [3.05, 3.63) is 95.1 Å². The van der Waals surface area contributed by atoms with Crippen LogP contribution >= 0.6 is 0 Å². The van der Waals surface area contributed by atoms with E-state index in [-0.39, 0.29) is 12.6 Å². The van der Waals surface area contributed by atoms with Crippen molar-refractivity contribution in [2.75, 3.05) is 18.7 Å². The van der Waals surface area contributed by atoms with E-state index in [1.165, 1.54) is 4.90 Å². The highest BCUT2D eigenvalue weighted by Crippen LogP contribution is 2.26. The van der Waals surface area contributed by atoms with Gasteiger partial charge in [0.15, 0.2) is 0 Å². The van der Waals surface area contributed by atoms with Gasteiger partial charge in [0.05, 0.1) is 18.2 Å². The van der Waals surface area contributed by atoms with Gasteiger partial charge in [-0.2, -0.15) is 0 Å². The molecule has 0 bridgehead atoms. The number of nitrogens with zero attached hydrogens (tertiary/aromatic N) is 2. The zero-order valence-corrected chi connectivity index (χ0v) is 16.7. The molecule has 1 aliphatic heterocycles. The number of carbonyl (C=O) groups excluding carboxylic acids is 3. The molecule has 3 aromatic carbocycles. The van der Waals surface area contributed by atoms with Crippen LogP contribution in [0.5, 0.6) is 5.75 Å². The summed E-state index contributed by atoms with van der Waals surface area (Å²) in [6.45, 7) is 1.74. The molecule has 3 amide bonds. The molecule has 0 saturated carbocycles. The van der Waals surface area contributed by atoms with E-state index in [9.17, 15) is 14.4 Å². The van der Waals surface area contributed by atoms with Gasteiger partial charge in [-0.1, -0.05) is 24.3 Å². The average molecular weight is 400 g/mol. The van der Waals surface area contributed by atoms with Gasteiger partial charge in [-0.15, -0.1) is 0 Å². The largest absolute Gasteiger partial charge is 0.497 e. The number of amides is 3. The summed E-state index contributed by atoms with van der Waals surface area (Å²) in [7, 11) is 1.55. The summed E-state index contributed by atoms with van der Waals surface area (Å²) in [5.41, 5.74) is 2.69. The molecule has 0 radical (unpaired) electrons. The van der Waals surface area contributed by atoms with Gasteiger partial charge < -0.3 is 4.74 Å². The van der Waals surface area contributed by atoms with Crippen molar-refractivity contribution >= 4 is 23.4 Å². The minimum absolute atomic E-state index is 0.180. The van der Waals surface area contributed by atoms with E-state index in [4.69, 9.17) is 4.74 Å². The number of fused-ring (bicyclic) bond motifs is 1. The fourth-order valence-electron chi connectivity index (χ4n) is 3.46. The molecule has 0 N–H and O–H groups in total. The first-order valence-corrected chi connectivity index (χ1v) is 9.47. The Morgan fingerprint density at radius 2 is 1.53 bits per heavy atom. The summed E-state index contributed by atoms with van der Waals surface area (Å²) in [6.07, 6.45) is 0. The van der Waals surface area contributed by atoms with Gasteiger partial charge in [-0.3, -0.25) is 24.2 Å². The van der Waals surface area contributed by atoms with Gasteiger partial charge in [0, 0.05) is 11.3 Å². The van der Waals surface area contributed by atoms with Crippen molar-refractivity contribution in [1.29, 1.82) is 0 Å². The van der Waals surface area contributed by atoms with Crippen LogP contribution in [0.3, 0.4) is 0 Å². The van der Waals surface area contributed by atoms with Crippen LogP contribution in [0.15, 0.2) is 72.8 Å². The van der Waals surface area contributed by atoms with Crippen molar-refractivity contribution in [2.24, 2.45) is 0 Å². The van der Waals surface area contributed by atoms with Crippen LogP contribution in [0.25, 0.3) is 0 Å². The third kappa shape index (κ3) is 3.43. The summed E-state index contributed by atoms with van der Waals surface area (Å²) in [5, 5.41) is 0. The Balaban J connectivity index is 1.70. The zero-order valence-electron chi connectivity index (χ0n) is 16.7. The molecule has 30 heavy (non-hydrogen) atoms. The highest BCUT2D eigenvalue weighted by Gasteiger charge is 2.37. The number of aryl methyl sites for hydroxylation is 1. The van der Waals surface area contributed by atoms with Crippen LogP contribution in [0.2, 0.25) is 0 Å². The molecule has 0 saturated heterocycles. The SMILES string of the molecule is COc1ccc(C(=O)N(CN2C(=O)c3ccccc3C2=O)c2cccc(C)c2)cc1. The molecule has 0 atom stereocenters. The molecular formula is C24H20N2O4. The summed E-state index contributed by atoms with van der Waals surface area (Å²) in [5.74, 6) is -0.500. The minimum Gasteiger partial charge on any atom is -0.497 e. The van der Waals surface area contributed by atoms with Gasteiger partial charge in [0.25, 0.3) is 17.7 Å². The van der Waals surface area contributed by atoms with Gasteiger partial charge >= 0.3 is 0 Å². The lowest BCUT2D eigenvalue weighted by Gasteiger charge is -2.27. The summed E-state index contributed by atoms with van der Waals surface area (Å²) in [6, 6.07) is 20.8. The van der Waals surface area contributed by atoms with E-state index in [0.717, 1.165) is 10.5 Å². The first kappa shape index (κ1) is 19.4. The number of rotatable bonds is 5. The first-order chi connectivity index (χ1) is 14.5. The zero-order chi connectivity index (χ0) is 21.3. The van der Waals surface area contributed by atoms with Crippen LogP contribution in [0.1, 0.15) is 36.6 Å². The second kappa shape index (κ2) is 7.83. The Hall–Kier alpha value is -3.93. The number of anilines is 1. The van der Waals surface area contributed by atoms with Gasteiger partial charge in [0.2, 0.25) is 0 Å². The quantitative estimate of drug-likeness (QED) is 0.609. The molecule has 4 rings (SSSR count). The predicted octanol–water partition coefficient (Wildman–Crippen LogP) is 3.90. The molecule has 3 aromatic rings. The fourth-order valence-corrected chi connectivity index (χ4v) is 3.46. The molecule has 150 valence electrons. The van der Waals surface area contributed by atoms with E-state index < -0.39 is 11.8 Å². The fraction of sp³-hybridized carbons (Fsp3) is 0.125. The molecule has 6 nitrogen and oxygen atoms in total. The molecular weight excluding hydrogens is 380 g/mol. The number of imide groups is 1. The van der Waals surface area contributed by atoms with E-state index in [2.05, 4.69) is 0 Å². The molecule has 0 spiro atoms. The molecule has 0 unspecified atom stereocenters. The summed E-state index contributed by atoms with van der Waals surface area (Å²) >= 11 is 0. The Kier molecular flexibility index (Phi) is 5.06. The molecule has 6 heteroatoms. The first-order valence-electron chi connectivity index (χ1n) is 9.47. The number of hydrogen-bond acceptors (Lipinski definition) is 4. The highest BCUT2D eigenvalue weighted by molar-refractivity contribution is 6.22. The van der Waals surface area contributed by atoms with E-state index in [1.807, 2.05) is 25.1 Å². The number of methoxy groups -OCH3 is 1. The van der Waals surface area contributed by atoms with E-state index >= 15 is 0 Å².